The van der Waals surface area contributed by atoms with Crippen LogP contribution in [0.2, 0.25) is 0 Å². The predicted octanol–water partition coefficient (Wildman–Crippen LogP) is 3.22. The second-order valence-electron chi connectivity index (χ2n) is 6.22. The van der Waals surface area contributed by atoms with Crippen LogP contribution < -0.4 is 5.73 Å². The maximum Gasteiger partial charge on any atom is 0.254 e. The summed E-state index contributed by atoms with van der Waals surface area (Å²) in [7, 11) is 1.92. The molecule has 1 fully saturated rings. The highest BCUT2D eigenvalue weighted by molar-refractivity contribution is 5.96. The van der Waals surface area contributed by atoms with Crippen molar-refractivity contribution in [2.45, 2.75) is 33.2 Å². The maximum atomic E-state index is 12.8. The van der Waals surface area contributed by atoms with E-state index in [0.29, 0.717) is 17.6 Å². The van der Waals surface area contributed by atoms with Crippen LogP contribution in [-0.2, 0) is 0 Å². The van der Waals surface area contributed by atoms with Gasteiger partial charge in [-0.1, -0.05) is 19.9 Å². The Morgan fingerprint density at radius 2 is 2.04 bits per heavy atom. The second-order valence-corrected chi connectivity index (χ2v) is 6.22. The van der Waals surface area contributed by atoms with Crippen molar-refractivity contribution in [2.24, 2.45) is 5.92 Å². The number of halogens is 2. The number of rotatable bonds is 3. The van der Waals surface area contributed by atoms with E-state index in [-0.39, 0.29) is 30.7 Å². The van der Waals surface area contributed by atoms with Gasteiger partial charge in [-0.05, 0) is 43.5 Å². The number of nitrogens with zero attached hydrogens (tertiary/aromatic N) is 2. The Bertz CT molecular complexity index is 525. The monoisotopic (exact) mass is 361 g/mol. The van der Waals surface area contributed by atoms with Crippen LogP contribution in [0.5, 0.6) is 0 Å². The fourth-order valence-corrected chi connectivity index (χ4v) is 3.29. The van der Waals surface area contributed by atoms with Crippen molar-refractivity contribution in [3.63, 3.8) is 0 Å². The zero-order chi connectivity index (χ0) is 15.6. The minimum absolute atomic E-state index is 0. The number of piperidine rings is 1. The highest BCUT2D eigenvalue weighted by Gasteiger charge is 2.31. The molecular weight excluding hydrogens is 333 g/mol. The number of nitrogens with two attached hydrogens (primary N) is 1. The smallest absolute Gasteiger partial charge is 0.254 e. The predicted molar refractivity (Wildman–Crippen MR) is 102 cm³/mol. The molecule has 1 heterocycles. The molecule has 132 valence electrons. The molecule has 2 atom stereocenters. The lowest BCUT2D eigenvalue weighted by Gasteiger charge is -2.41. The van der Waals surface area contributed by atoms with Gasteiger partial charge < -0.3 is 15.5 Å². The van der Waals surface area contributed by atoms with Crippen LogP contribution in [0.1, 0.15) is 36.2 Å². The molecule has 0 aliphatic carbocycles. The summed E-state index contributed by atoms with van der Waals surface area (Å²) >= 11 is 0. The molecule has 4 nitrogen and oxygen atoms in total. The summed E-state index contributed by atoms with van der Waals surface area (Å²) in [4.78, 5) is 17.1. The van der Waals surface area contributed by atoms with Gasteiger partial charge in [-0.25, -0.2) is 0 Å². The quantitative estimate of drug-likeness (QED) is 0.840. The van der Waals surface area contributed by atoms with Crippen LogP contribution in [-0.4, -0.2) is 48.4 Å². The number of benzene rings is 1. The van der Waals surface area contributed by atoms with Crippen LogP contribution in [0.15, 0.2) is 18.2 Å². The molecule has 1 aliphatic heterocycles. The lowest BCUT2D eigenvalue weighted by Crippen LogP contribution is -2.50. The number of likely N-dealkylation sites (tertiary alicyclic amines) is 1. The summed E-state index contributed by atoms with van der Waals surface area (Å²) in [5, 5.41) is 0. The Balaban J connectivity index is 0.00000242. The number of aryl methyl sites for hydroxylation is 1. The number of hydrogen-bond donors (Lipinski definition) is 1. The third kappa shape index (κ3) is 5.00. The lowest BCUT2D eigenvalue weighted by molar-refractivity contribution is 0.0520. The molecule has 0 bridgehead atoms. The van der Waals surface area contributed by atoms with Gasteiger partial charge in [0.05, 0.1) is 0 Å². The molecule has 0 spiro atoms. The van der Waals surface area contributed by atoms with Gasteiger partial charge in [0.2, 0.25) is 0 Å². The summed E-state index contributed by atoms with van der Waals surface area (Å²) in [6.45, 7) is 9.61. The standard InChI is InChI=1S/C17H27N3O.2ClH/c1-5-20-9-8-16(13(3)11-20)19(4)17(21)15-10-14(18)7-6-12(15)2;;/h6-7,10,13,16H,5,8-9,11,18H2,1-4H3;2*1H. The fraction of sp³-hybridized carbons (Fsp3) is 0.588. The van der Waals surface area contributed by atoms with Gasteiger partial charge in [0.25, 0.3) is 5.91 Å². The first-order valence-electron chi connectivity index (χ1n) is 7.79. The minimum Gasteiger partial charge on any atom is -0.399 e. The first-order chi connectivity index (χ1) is 9.93. The van der Waals surface area contributed by atoms with Gasteiger partial charge in [-0.2, -0.15) is 0 Å². The summed E-state index contributed by atoms with van der Waals surface area (Å²) in [5.41, 5.74) is 8.19. The molecule has 23 heavy (non-hydrogen) atoms. The van der Waals surface area contributed by atoms with Gasteiger partial charge in [0.1, 0.15) is 0 Å². The third-order valence-electron chi connectivity index (χ3n) is 4.70. The molecule has 2 rings (SSSR count). The number of anilines is 1. The van der Waals surface area contributed by atoms with Gasteiger partial charge in [0, 0.05) is 37.4 Å². The van der Waals surface area contributed by atoms with E-state index in [2.05, 4.69) is 18.7 Å². The number of carbonyl (C=O) groups is 1. The van der Waals surface area contributed by atoms with E-state index in [4.69, 9.17) is 5.73 Å². The van der Waals surface area contributed by atoms with E-state index in [1.54, 1.807) is 6.07 Å². The first-order valence-corrected chi connectivity index (χ1v) is 7.79. The highest BCUT2D eigenvalue weighted by atomic mass is 35.5. The zero-order valence-electron chi connectivity index (χ0n) is 14.4. The Hall–Kier alpha value is -0.970. The SMILES string of the molecule is CCN1CCC(N(C)C(=O)c2cc(N)ccc2C)C(C)C1.Cl.Cl. The Morgan fingerprint density at radius 3 is 2.61 bits per heavy atom. The summed E-state index contributed by atoms with van der Waals surface area (Å²) in [6, 6.07) is 5.86. The van der Waals surface area contributed by atoms with Crippen LogP contribution in [0.3, 0.4) is 0 Å². The largest absolute Gasteiger partial charge is 0.399 e. The summed E-state index contributed by atoms with van der Waals surface area (Å²) < 4.78 is 0. The van der Waals surface area contributed by atoms with Crippen molar-refractivity contribution in [3.05, 3.63) is 29.3 Å². The molecule has 0 radical (unpaired) electrons. The third-order valence-corrected chi connectivity index (χ3v) is 4.70. The van der Waals surface area contributed by atoms with Crippen LogP contribution >= 0.6 is 24.8 Å². The molecule has 6 heteroatoms. The van der Waals surface area contributed by atoms with E-state index in [0.717, 1.165) is 37.2 Å². The molecule has 1 aliphatic rings. The van der Waals surface area contributed by atoms with E-state index >= 15 is 0 Å². The average molecular weight is 362 g/mol. The molecular formula is C17H29Cl2N3O. The van der Waals surface area contributed by atoms with E-state index in [1.807, 2.05) is 31.0 Å². The first kappa shape index (κ1) is 22.0. The molecule has 0 aromatic heterocycles. The van der Waals surface area contributed by atoms with Crippen molar-refractivity contribution in [3.8, 4) is 0 Å². The molecule has 2 N–H and O–H groups in total. The second kappa shape index (κ2) is 9.36. The number of amides is 1. The fourth-order valence-electron chi connectivity index (χ4n) is 3.29. The van der Waals surface area contributed by atoms with Crippen molar-refractivity contribution < 1.29 is 4.79 Å². The summed E-state index contributed by atoms with van der Waals surface area (Å²) in [6.07, 6.45) is 1.04. The van der Waals surface area contributed by atoms with Gasteiger partial charge in [-0.3, -0.25) is 4.79 Å². The molecule has 2 unspecified atom stereocenters. The van der Waals surface area contributed by atoms with Crippen LogP contribution in [0, 0.1) is 12.8 Å². The van der Waals surface area contributed by atoms with Gasteiger partial charge in [0.15, 0.2) is 0 Å². The number of nitrogen functional groups attached to an aromatic ring is 1. The van der Waals surface area contributed by atoms with Gasteiger partial charge >= 0.3 is 0 Å². The van der Waals surface area contributed by atoms with Crippen molar-refractivity contribution >= 4 is 36.4 Å². The molecule has 1 aromatic rings. The van der Waals surface area contributed by atoms with Crippen molar-refractivity contribution in [1.29, 1.82) is 0 Å². The van der Waals surface area contributed by atoms with Gasteiger partial charge in [-0.15, -0.1) is 24.8 Å². The highest BCUT2D eigenvalue weighted by Crippen LogP contribution is 2.24. The normalized spacial score (nSPS) is 21.0. The number of hydrogen-bond acceptors (Lipinski definition) is 3. The molecule has 1 amide bonds. The Morgan fingerprint density at radius 1 is 1.39 bits per heavy atom. The zero-order valence-corrected chi connectivity index (χ0v) is 16.0. The van der Waals surface area contributed by atoms with E-state index in [9.17, 15) is 4.79 Å². The number of carbonyl (C=O) groups excluding carboxylic acids is 1. The lowest BCUT2D eigenvalue weighted by atomic mass is 9.92. The van der Waals surface area contributed by atoms with E-state index in [1.165, 1.54) is 0 Å². The molecule has 1 aromatic carbocycles. The maximum absolute atomic E-state index is 12.8. The minimum atomic E-state index is 0. The average Bonchev–Trinajstić information content (AvgIpc) is 2.48. The van der Waals surface area contributed by atoms with Crippen LogP contribution in [0.25, 0.3) is 0 Å². The van der Waals surface area contributed by atoms with Crippen molar-refractivity contribution in [2.75, 3.05) is 32.4 Å². The molecule has 0 saturated carbocycles. The molecule has 1 saturated heterocycles. The van der Waals surface area contributed by atoms with Crippen LogP contribution in [0.4, 0.5) is 5.69 Å². The van der Waals surface area contributed by atoms with Crippen molar-refractivity contribution in [1.82, 2.24) is 9.80 Å². The van der Waals surface area contributed by atoms with E-state index < -0.39 is 0 Å². The Labute approximate surface area is 152 Å². The topological polar surface area (TPSA) is 49.6 Å². The Kier molecular flexibility index (Phi) is 8.96. The summed E-state index contributed by atoms with van der Waals surface area (Å²) in [5.74, 6) is 0.579.